The summed E-state index contributed by atoms with van der Waals surface area (Å²) in [6.07, 6.45) is -2.65. The van der Waals surface area contributed by atoms with E-state index >= 15 is 0 Å². The molecule has 0 atom stereocenters. The summed E-state index contributed by atoms with van der Waals surface area (Å²) in [6.45, 7) is 1.68. The van der Waals surface area contributed by atoms with Gasteiger partial charge in [-0.1, -0.05) is 0 Å². The average molecular weight is 222 g/mol. The Morgan fingerprint density at radius 1 is 1.57 bits per heavy atom. The largest absolute Gasteiger partial charge is 0.494 e. The van der Waals surface area contributed by atoms with E-state index < -0.39 is 6.43 Å². The highest BCUT2D eigenvalue weighted by molar-refractivity contribution is 6.16. The summed E-state index contributed by atoms with van der Waals surface area (Å²) >= 11 is 5.52. The molecule has 0 aliphatic carbocycles. The molecule has 0 unspecified atom stereocenters. The second-order valence-electron chi connectivity index (χ2n) is 2.78. The van der Waals surface area contributed by atoms with Gasteiger partial charge in [0.05, 0.1) is 18.7 Å². The number of hydrogen-bond acceptors (Lipinski definition) is 2. The van der Waals surface area contributed by atoms with Crippen molar-refractivity contribution in [2.24, 2.45) is 0 Å². The van der Waals surface area contributed by atoms with Crippen LogP contribution in [0.15, 0.2) is 6.07 Å². The van der Waals surface area contributed by atoms with E-state index in [0.29, 0.717) is 11.3 Å². The predicted octanol–water partition coefficient (Wildman–Crippen LogP) is 3.08. The monoisotopic (exact) mass is 221 g/mol. The molecule has 5 heteroatoms. The third kappa shape index (κ3) is 2.12. The molecule has 14 heavy (non-hydrogen) atoms. The average Bonchev–Trinajstić information content (AvgIpc) is 2.16. The molecule has 0 saturated heterocycles. The third-order valence-corrected chi connectivity index (χ3v) is 2.06. The Morgan fingerprint density at radius 2 is 2.21 bits per heavy atom. The van der Waals surface area contributed by atoms with Gasteiger partial charge in [-0.3, -0.25) is 0 Å². The summed E-state index contributed by atoms with van der Waals surface area (Å²) in [5.74, 6) is 0.249. The molecular weight excluding hydrogens is 212 g/mol. The summed E-state index contributed by atoms with van der Waals surface area (Å²) in [5, 5.41) is 0. The van der Waals surface area contributed by atoms with Gasteiger partial charge in [-0.05, 0) is 18.6 Å². The van der Waals surface area contributed by atoms with Crippen molar-refractivity contribution in [2.75, 3.05) is 7.11 Å². The van der Waals surface area contributed by atoms with Crippen LogP contribution >= 0.6 is 11.6 Å². The van der Waals surface area contributed by atoms with E-state index in [9.17, 15) is 8.78 Å². The van der Waals surface area contributed by atoms with Crippen LogP contribution in [-0.2, 0) is 5.88 Å². The van der Waals surface area contributed by atoms with Crippen molar-refractivity contribution >= 4 is 11.6 Å². The Labute approximate surface area is 85.9 Å². The molecule has 0 fully saturated rings. The van der Waals surface area contributed by atoms with E-state index in [4.69, 9.17) is 16.3 Å². The Bertz CT molecular complexity index is 331. The van der Waals surface area contributed by atoms with Crippen molar-refractivity contribution < 1.29 is 13.5 Å². The minimum Gasteiger partial charge on any atom is -0.494 e. The number of methoxy groups -OCH3 is 1. The Morgan fingerprint density at radius 3 is 2.64 bits per heavy atom. The highest BCUT2D eigenvalue weighted by Gasteiger charge is 2.18. The molecule has 0 amide bonds. The fourth-order valence-electron chi connectivity index (χ4n) is 1.24. The van der Waals surface area contributed by atoms with E-state index in [1.54, 1.807) is 13.0 Å². The molecule has 1 heterocycles. The molecule has 78 valence electrons. The zero-order chi connectivity index (χ0) is 10.7. The van der Waals surface area contributed by atoms with Gasteiger partial charge in [-0.25, -0.2) is 13.8 Å². The van der Waals surface area contributed by atoms with Crippen LogP contribution in [0.2, 0.25) is 0 Å². The number of alkyl halides is 3. The smallest absolute Gasteiger partial charge is 0.284 e. The molecule has 0 bridgehead atoms. The van der Waals surface area contributed by atoms with Crippen LogP contribution in [-0.4, -0.2) is 12.1 Å². The van der Waals surface area contributed by atoms with E-state index in [1.807, 2.05) is 0 Å². The van der Waals surface area contributed by atoms with Crippen molar-refractivity contribution in [3.8, 4) is 5.75 Å². The maximum Gasteiger partial charge on any atom is 0.284 e. The molecule has 1 aromatic rings. The lowest BCUT2D eigenvalue weighted by atomic mass is 10.2. The fourth-order valence-corrected chi connectivity index (χ4v) is 1.37. The summed E-state index contributed by atoms with van der Waals surface area (Å²) in [6, 6.07) is 1.64. The molecular formula is C9H10ClF2NO. The number of aryl methyl sites for hydroxylation is 1. The summed E-state index contributed by atoms with van der Waals surface area (Å²) in [7, 11) is 1.34. The quantitative estimate of drug-likeness (QED) is 0.732. The lowest BCUT2D eigenvalue weighted by Gasteiger charge is -2.11. The minimum atomic E-state index is -2.65. The number of pyridine rings is 1. The molecule has 0 spiro atoms. The van der Waals surface area contributed by atoms with Crippen molar-refractivity contribution in [2.45, 2.75) is 19.2 Å². The van der Waals surface area contributed by atoms with Gasteiger partial charge in [0.1, 0.15) is 11.4 Å². The minimum absolute atomic E-state index is 0.116. The molecule has 0 N–H and O–H groups in total. The number of aromatic nitrogens is 1. The van der Waals surface area contributed by atoms with Gasteiger partial charge < -0.3 is 4.74 Å². The second kappa shape index (κ2) is 4.55. The SMILES string of the molecule is COc1c(C)cc(CCl)nc1C(F)F. The van der Waals surface area contributed by atoms with Gasteiger partial charge >= 0.3 is 0 Å². The van der Waals surface area contributed by atoms with Crippen LogP contribution in [0.4, 0.5) is 8.78 Å². The van der Waals surface area contributed by atoms with Gasteiger partial charge in [0.2, 0.25) is 0 Å². The zero-order valence-electron chi connectivity index (χ0n) is 7.85. The van der Waals surface area contributed by atoms with Gasteiger partial charge in [-0.2, -0.15) is 0 Å². The van der Waals surface area contributed by atoms with Gasteiger partial charge in [0.15, 0.2) is 0 Å². The molecule has 0 radical (unpaired) electrons. The Balaban J connectivity index is 3.28. The molecule has 1 aromatic heterocycles. The lowest BCUT2D eigenvalue weighted by Crippen LogP contribution is -2.01. The van der Waals surface area contributed by atoms with E-state index in [1.165, 1.54) is 7.11 Å². The summed E-state index contributed by atoms with van der Waals surface area (Å²) in [5.41, 5.74) is 0.705. The van der Waals surface area contributed by atoms with Crippen LogP contribution in [0, 0.1) is 6.92 Å². The number of rotatable bonds is 3. The first-order chi connectivity index (χ1) is 6.60. The van der Waals surface area contributed by atoms with Gasteiger partial charge in [0.25, 0.3) is 6.43 Å². The Hall–Kier alpha value is -0.900. The van der Waals surface area contributed by atoms with Gasteiger partial charge in [-0.15, -0.1) is 11.6 Å². The van der Waals surface area contributed by atoms with E-state index in [0.717, 1.165) is 0 Å². The van der Waals surface area contributed by atoms with Crippen LogP contribution in [0.25, 0.3) is 0 Å². The van der Waals surface area contributed by atoms with Crippen LogP contribution in [0.3, 0.4) is 0 Å². The topological polar surface area (TPSA) is 22.1 Å². The molecule has 0 aliphatic rings. The molecule has 0 saturated carbocycles. The molecule has 0 aliphatic heterocycles. The van der Waals surface area contributed by atoms with Crippen LogP contribution < -0.4 is 4.74 Å². The third-order valence-electron chi connectivity index (χ3n) is 1.79. The highest BCUT2D eigenvalue weighted by atomic mass is 35.5. The van der Waals surface area contributed by atoms with Crippen LogP contribution in [0.1, 0.15) is 23.4 Å². The standard InChI is InChI=1S/C9H10ClF2NO/c1-5-3-6(4-10)13-7(9(11)12)8(5)14-2/h3,9H,4H2,1-2H3. The summed E-state index contributed by atoms with van der Waals surface area (Å²) < 4.78 is 29.9. The molecule has 0 aromatic carbocycles. The van der Waals surface area contributed by atoms with E-state index in [2.05, 4.69) is 4.98 Å². The van der Waals surface area contributed by atoms with Crippen LogP contribution in [0.5, 0.6) is 5.75 Å². The second-order valence-corrected chi connectivity index (χ2v) is 3.05. The number of halogens is 3. The first-order valence-corrected chi connectivity index (χ1v) is 4.52. The molecule has 1 rings (SSSR count). The van der Waals surface area contributed by atoms with Crippen molar-refractivity contribution in [3.63, 3.8) is 0 Å². The zero-order valence-corrected chi connectivity index (χ0v) is 8.61. The van der Waals surface area contributed by atoms with Gasteiger partial charge in [0, 0.05) is 0 Å². The molecule has 2 nitrogen and oxygen atoms in total. The maximum atomic E-state index is 12.5. The predicted molar refractivity (Wildman–Crippen MR) is 50.0 cm³/mol. The van der Waals surface area contributed by atoms with Crippen molar-refractivity contribution in [1.29, 1.82) is 0 Å². The number of hydrogen-bond donors (Lipinski definition) is 0. The van der Waals surface area contributed by atoms with E-state index in [-0.39, 0.29) is 17.3 Å². The highest BCUT2D eigenvalue weighted by Crippen LogP contribution is 2.30. The summed E-state index contributed by atoms with van der Waals surface area (Å²) in [4.78, 5) is 3.72. The lowest BCUT2D eigenvalue weighted by molar-refractivity contribution is 0.141. The first-order valence-electron chi connectivity index (χ1n) is 3.98. The fraction of sp³-hybridized carbons (Fsp3) is 0.444. The Kier molecular flexibility index (Phi) is 3.63. The number of ether oxygens (including phenoxy) is 1. The normalized spacial score (nSPS) is 10.7. The van der Waals surface area contributed by atoms with Crippen molar-refractivity contribution in [1.82, 2.24) is 4.98 Å². The maximum absolute atomic E-state index is 12.5. The number of nitrogens with zero attached hydrogens (tertiary/aromatic N) is 1. The first kappa shape index (κ1) is 11.2. The van der Waals surface area contributed by atoms with Crippen molar-refractivity contribution in [3.05, 3.63) is 23.0 Å².